The van der Waals surface area contributed by atoms with E-state index in [-0.39, 0.29) is 18.0 Å². The number of amides is 1. The summed E-state index contributed by atoms with van der Waals surface area (Å²) in [6, 6.07) is 12.8. The van der Waals surface area contributed by atoms with Crippen molar-refractivity contribution >= 4 is 5.91 Å². The molecule has 0 aliphatic heterocycles. The summed E-state index contributed by atoms with van der Waals surface area (Å²) in [7, 11) is 1.60. The van der Waals surface area contributed by atoms with Gasteiger partial charge in [-0.05, 0) is 42.5 Å². The van der Waals surface area contributed by atoms with Crippen molar-refractivity contribution in [2.45, 2.75) is 6.54 Å². The fourth-order valence-electron chi connectivity index (χ4n) is 2.14. The number of aromatic nitrogens is 3. The van der Waals surface area contributed by atoms with Crippen LogP contribution in [0.2, 0.25) is 0 Å². The molecule has 6 nitrogen and oxygen atoms in total. The first-order valence-electron chi connectivity index (χ1n) is 7.25. The van der Waals surface area contributed by atoms with E-state index in [2.05, 4.69) is 20.5 Å². The van der Waals surface area contributed by atoms with Crippen LogP contribution in [0.5, 0.6) is 5.75 Å². The van der Waals surface area contributed by atoms with Gasteiger partial charge in [-0.15, -0.1) is 0 Å². The summed E-state index contributed by atoms with van der Waals surface area (Å²) in [5, 5.41) is 9.55. The van der Waals surface area contributed by atoms with E-state index in [4.69, 9.17) is 4.74 Å². The SMILES string of the molecule is COc1ccc(-c2n[nH]c(CNC(=O)c3cccc(F)c3)n2)cc1. The molecule has 7 heteroatoms. The zero-order chi connectivity index (χ0) is 16.9. The average molecular weight is 326 g/mol. The van der Waals surface area contributed by atoms with Gasteiger partial charge in [-0.3, -0.25) is 9.89 Å². The summed E-state index contributed by atoms with van der Waals surface area (Å²) in [4.78, 5) is 16.3. The van der Waals surface area contributed by atoms with E-state index >= 15 is 0 Å². The van der Waals surface area contributed by atoms with Gasteiger partial charge in [0.1, 0.15) is 17.4 Å². The number of carbonyl (C=O) groups excluding carboxylic acids is 1. The van der Waals surface area contributed by atoms with E-state index in [1.807, 2.05) is 24.3 Å². The lowest BCUT2D eigenvalue weighted by Gasteiger charge is -2.03. The second kappa shape index (κ2) is 6.91. The Morgan fingerprint density at radius 1 is 1.25 bits per heavy atom. The number of benzene rings is 2. The molecule has 0 radical (unpaired) electrons. The molecule has 0 atom stereocenters. The van der Waals surface area contributed by atoms with Gasteiger partial charge in [0.25, 0.3) is 5.91 Å². The van der Waals surface area contributed by atoms with Gasteiger partial charge in [0.05, 0.1) is 13.7 Å². The Labute approximate surface area is 137 Å². The Morgan fingerprint density at radius 2 is 2.04 bits per heavy atom. The van der Waals surface area contributed by atoms with E-state index in [1.165, 1.54) is 18.2 Å². The second-order valence-corrected chi connectivity index (χ2v) is 5.03. The van der Waals surface area contributed by atoms with Crippen LogP contribution >= 0.6 is 0 Å². The normalized spacial score (nSPS) is 10.4. The molecule has 1 amide bonds. The molecule has 3 aromatic rings. The average Bonchev–Trinajstić information content (AvgIpc) is 3.09. The highest BCUT2D eigenvalue weighted by Crippen LogP contribution is 2.18. The van der Waals surface area contributed by atoms with Gasteiger partial charge in [-0.25, -0.2) is 9.37 Å². The standard InChI is InChI=1S/C17H15FN4O2/c1-24-14-7-5-11(6-8-14)16-20-15(21-22-16)10-19-17(23)12-3-2-4-13(18)9-12/h2-9H,10H2,1H3,(H,19,23)(H,20,21,22). The van der Waals surface area contributed by atoms with Crippen LogP contribution in [0.25, 0.3) is 11.4 Å². The molecule has 2 N–H and O–H groups in total. The highest BCUT2D eigenvalue weighted by Gasteiger charge is 2.09. The number of methoxy groups -OCH3 is 1. The minimum atomic E-state index is -0.455. The number of nitrogens with one attached hydrogen (secondary N) is 2. The minimum Gasteiger partial charge on any atom is -0.497 e. The van der Waals surface area contributed by atoms with E-state index in [0.29, 0.717) is 11.6 Å². The molecule has 0 unspecified atom stereocenters. The lowest BCUT2D eigenvalue weighted by atomic mass is 10.2. The summed E-state index contributed by atoms with van der Waals surface area (Å²) in [6.07, 6.45) is 0. The van der Waals surface area contributed by atoms with Crippen molar-refractivity contribution in [3.05, 3.63) is 65.7 Å². The van der Waals surface area contributed by atoms with Crippen LogP contribution in [-0.2, 0) is 6.54 Å². The Hall–Kier alpha value is -3.22. The maximum atomic E-state index is 13.1. The maximum Gasteiger partial charge on any atom is 0.251 e. The lowest BCUT2D eigenvalue weighted by Crippen LogP contribution is -2.23. The fraction of sp³-hybridized carbons (Fsp3) is 0.118. The van der Waals surface area contributed by atoms with Crippen LogP contribution in [-0.4, -0.2) is 28.2 Å². The molecular formula is C17H15FN4O2. The largest absolute Gasteiger partial charge is 0.497 e. The van der Waals surface area contributed by atoms with E-state index in [1.54, 1.807) is 13.2 Å². The number of halogens is 1. The summed E-state index contributed by atoms with van der Waals surface area (Å²) < 4.78 is 18.2. The van der Waals surface area contributed by atoms with Gasteiger partial charge >= 0.3 is 0 Å². The molecule has 0 fully saturated rings. The molecule has 1 heterocycles. The molecule has 0 bridgehead atoms. The number of H-pyrrole nitrogens is 1. The van der Waals surface area contributed by atoms with Crippen molar-refractivity contribution in [3.63, 3.8) is 0 Å². The predicted octanol–water partition coefficient (Wildman–Crippen LogP) is 2.55. The monoisotopic (exact) mass is 326 g/mol. The van der Waals surface area contributed by atoms with Crippen molar-refractivity contribution < 1.29 is 13.9 Å². The van der Waals surface area contributed by atoms with Gasteiger partial charge in [0, 0.05) is 11.1 Å². The Morgan fingerprint density at radius 3 is 2.75 bits per heavy atom. The predicted molar refractivity (Wildman–Crippen MR) is 85.9 cm³/mol. The third kappa shape index (κ3) is 3.57. The molecular weight excluding hydrogens is 311 g/mol. The number of ether oxygens (including phenoxy) is 1. The van der Waals surface area contributed by atoms with Gasteiger partial charge in [-0.2, -0.15) is 5.10 Å². The maximum absolute atomic E-state index is 13.1. The number of hydrogen-bond acceptors (Lipinski definition) is 4. The number of carbonyl (C=O) groups is 1. The van der Waals surface area contributed by atoms with E-state index in [9.17, 15) is 9.18 Å². The summed E-state index contributed by atoms with van der Waals surface area (Å²) >= 11 is 0. The molecule has 0 saturated carbocycles. The van der Waals surface area contributed by atoms with Crippen molar-refractivity contribution in [2.75, 3.05) is 7.11 Å². The second-order valence-electron chi connectivity index (χ2n) is 5.03. The highest BCUT2D eigenvalue weighted by molar-refractivity contribution is 5.94. The fourth-order valence-corrected chi connectivity index (χ4v) is 2.14. The van der Waals surface area contributed by atoms with Crippen molar-refractivity contribution in [1.29, 1.82) is 0 Å². The van der Waals surface area contributed by atoms with Crippen LogP contribution in [0.3, 0.4) is 0 Å². The summed E-state index contributed by atoms with van der Waals surface area (Å²) in [5.74, 6) is 0.941. The van der Waals surface area contributed by atoms with Gasteiger partial charge < -0.3 is 10.1 Å². The third-order valence-corrected chi connectivity index (χ3v) is 3.38. The Bertz CT molecular complexity index is 846. The van der Waals surface area contributed by atoms with Crippen molar-refractivity contribution in [3.8, 4) is 17.1 Å². The number of aromatic amines is 1. The molecule has 24 heavy (non-hydrogen) atoms. The molecule has 122 valence electrons. The Kier molecular flexibility index (Phi) is 4.51. The van der Waals surface area contributed by atoms with Gasteiger partial charge in [-0.1, -0.05) is 6.07 Å². The van der Waals surface area contributed by atoms with Crippen LogP contribution in [0, 0.1) is 5.82 Å². The van der Waals surface area contributed by atoms with Gasteiger partial charge in [0.2, 0.25) is 0 Å². The van der Waals surface area contributed by atoms with Crippen LogP contribution in [0.15, 0.2) is 48.5 Å². The molecule has 0 aliphatic rings. The lowest BCUT2D eigenvalue weighted by molar-refractivity contribution is 0.0949. The molecule has 0 aliphatic carbocycles. The minimum absolute atomic E-state index is 0.165. The first-order valence-corrected chi connectivity index (χ1v) is 7.25. The van der Waals surface area contributed by atoms with Crippen molar-refractivity contribution in [1.82, 2.24) is 20.5 Å². The molecule has 3 rings (SSSR count). The van der Waals surface area contributed by atoms with E-state index < -0.39 is 5.82 Å². The zero-order valence-electron chi connectivity index (χ0n) is 12.9. The van der Waals surface area contributed by atoms with Crippen molar-refractivity contribution in [2.24, 2.45) is 0 Å². The summed E-state index contributed by atoms with van der Waals surface area (Å²) in [6.45, 7) is 0.165. The highest BCUT2D eigenvalue weighted by atomic mass is 19.1. The molecule has 2 aromatic carbocycles. The quantitative estimate of drug-likeness (QED) is 0.755. The third-order valence-electron chi connectivity index (χ3n) is 3.38. The van der Waals surface area contributed by atoms with E-state index in [0.717, 1.165) is 11.3 Å². The number of hydrogen-bond donors (Lipinski definition) is 2. The Balaban J connectivity index is 1.64. The summed E-state index contributed by atoms with van der Waals surface area (Å²) in [5.41, 5.74) is 1.08. The van der Waals surface area contributed by atoms with Crippen LogP contribution < -0.4 is 10.1 Å². The first-order chi connectivity index (χ1) is 11.7. The topological polar surface area (TPSA) is 79.9 Å². The van der Waals surface area contributed by atoms with Crippen LogP contribution in [0.4, 0.5) is 4.39 Å². The number of rotatable bonds is 5. The number of nitrogens with zero attached hydrogens (tertiary/aromatic N) is 2. The smallest absolute Gasteiger partial charge is 0.251 e. The molecule has 1 aromatic heterocycles. The van der Waals surface area contributed by atoms with Gasteiger partial charge in [0.15, 0.2) is 5.82 Å². The first kappa shape index (κ1) is 15.7. The molecule has 0 saturated heterocycles. The molecule has 0 spiro atoms. The zero-order valence-corrected chi connectivity index (χ0v) is 12.9. The van der Waals surface area contributed by atoms with Crippen LogP contribution in [0.1, 0.15) is 16.2 Å².